The predicted octanol–water partition coefficient (Wildman–Crippen LogP) is 4.33. The van der Waals surface area contributed by atoms with Crippen LogP contribution < -0.4 is 16.2 Å². The Morgan fingerprint density at radius 1 is 1.11 bits per heavy atom. The van der Waals surface area contributed by atoms with Gasteiger partial charge in [-0.3, -0.25) is 10.1 Å². The van der Waals surface area contributed by atoms with E-state index in [-0.39, 0.29) is 5.02 Å². The zero-order chi connectivity index (χ0) is 20.1. The van der Waals surface area contributed by atoms with Gasteiger partial charge in [-0.15, -0.1) is 0 Å². The van der Waals surface area contributed by atoms with Gasteiger partial charge in [-0.2, -0.15) is 9.78 Å². The molecule has 0 unspecified atom stereocenters. The summed E-state index contributed by atoms with van der Waals surface area (Å²) in [6.07, 6.45) is 0.955. The maximum atomic E-state index is 12.5. The summed E-state index contributed by atoms with van der Waals surface area (Å²) in [5.41, 5.74) is 2.09. The Hall–Kier alpha value is -3.03. The molecule has 0 spiro atoms. The lowest BCUT2D eigenvalue weighted by molar-refractivity contribution is 0.187. The lowest BCUT2D eigenvalue weighted by Crippen LogP contribution is -2.22. The second kappa shape index (κ2) is 8.77. The van der Waals surface area contributed by atoms with E-state index < -0.39 is 11.7 Å². The minimum atomic E-state index is -0.537. The van der Waals surface area contributed by atoms with Gasteiger partial charge < -0.3 is 10.1 Å². The van der Waals surface area contributed by atoms with E-state index in [1.807, 2.05) is 12.1 Å². The number of ether oxygens (including phenoxy) is 1. The van der Waals surface area contributed by atoms with Crippen molar-refractivity contribution in [2.45, 2.75) is 6.54 Å². The van der Waals surface area contributed by atoms with Crippen LogP contribution in [-0.2, 0) is 11.3 Å². The van der Waals surface area contributed by atoms with Crippen molar-refractivity contribution in [1.82, 2.24) is 9.78 Å². The summed E-state index contributed by atoms with van der Waals surface area (Å²) in [6.45, 7) is 0.421. The van der Waals surface area contributed by atoms with Crippen molar-refractivity contribution in [2.75, 3.05) is 17.7 Å². The third-order valence-electron chi connectivity index (χ3n) is 3.86. The number of carbonyl (C=O) groups excluding carboxylic acids is 1. The molecule has 2 aromatic carbocycles. The van der Waals surface area contributed by atoms with Gasteiger partial charge in [0.1, 0.15) is 5.02 Å². The van der Waals surface area contributed by atoms with Gasteiger partial charge >= 0.3 is 6.09 Å². The first-order valence-corrected chi connectivity index (χ1v) is 8.95. The molecule has 0 fully saturated rings. The Labute approximate surface area is 170 Å². The van der Waals surface area contributed by atoms with Crippen LogP contribution in [0.3, 0.4) is 0 Å². The molecule has 0 saturated carbocycles. The monoisotopic (exact) mass is 418 g/mol. The highest BCUT2D eigenvalue weighted by molar-refractivity contribution is 6.33. The highest BCUT2D eigenvalue weighted by Crippen LogP contribution is 2.19. The highest BCUT2D eigenvalue weighted by atomic mass is 35.5. The van der Waals surface area contributed by atoms with E-state index in [1.165, 1.54) is 18.0 Å². The molecule has 1 amide bonds. The Balaban J connectivity index is 1.71. The van der Waals surface area contributed by atoms with Crippen LogP contribution in [0.5, 0.6) is 0 Å². The molecule has 0 aliphatic carbocycles. The van der Waals surface area contributed by atoms with Crippen LogP contribution in [0.15, 0.2) is 59.5 Å². The maximum absolute atomic E-state index is 12.5. The zero-order valence-electron chi connectivity index (χ0n) is 14.8. The van der Waals surface area contributed by atoms with Crippen LogP contribution in [0.25, 0.3) is 5.69 Å². The fourth-order valence-electron chi connectivity index (χ4n) is 2.39. The molecule has 1 aromatic heterocycles. The Kier molecular flexibility index (Phi) is 6.18. The molecule has 3 aromatic rings. The normalized spacial score (nSPS) is 10.4. The molecule has 0 aliphatic heterocycles. The van der Waals surface area contributed by atoms with Crippen LogP contribution >= 0.6 is 23.2 Å². The Bertz CT molecular complexity index is 1030. The average molecular weight is 419 g/mol. The van der Waals surface area contributed by atoms with Crippen LogP contribution in [0.4, 0.5) is 16.2 Å². The Morgan fingerprint density at radius 2 is 1.79 bits per heavy atom. The molecule has 28 heavy (non-hydrogen) atoms. The number of carbonyl (C=O) groups is 1. The lowest BCUT2D eigenvalue weighted by Gasteiger charge is -2.11. The van der Waals surface area contributed by atoms with E-state index in [4.69, 9.17) is 23.2 Å². The molecular weight excluding hydrogens is 403 g/mol. The summed E-state index contributed by atoms with van der Waals surface area (Å²) in [6, 6.07) is 13.9. The number of halogens is 2. The smallest absolute Gasteiger partial charge is 0.411 e. The summed E-state index contributed by atoms with van der Waals surface area (Å²) < 4.78 is 5.74. The molecule has 1 heterocycles. The SMILES string of the molecule is COC(=O)Nc1ccc(CNc2cnn(-c3ccc(Cl)cc3)c(=O)c2Cl)cc1. The molecule has 0 saturated heterocycles. The fraction of sp³-hybridized carbons (Fsp3) is 0.105. The number of rotatable bonds is 5. The summed E-state index contributed by atoms with van der Waals surface area (Å²) >= 11 is 12.1. The van der Waals surface area contributed by atoms with Gasteiger partial charge in [-0.25, -0.2) is 4.79 Å². The van der Waals surface area contributed by atoms with Crippen molar-refractivity contribution in [1.29, 1.82) is 0 Å². The van der Waals surface area contributed by atoms with Crippen LogP contribution in [0.1, 0.15) is 5.56 Å². The largest absolute Gasteiger partial charge is 0.453 e. The van der Waals surface area contributed by atoms with E-state index in [1.54, 1.807) is 36.4 Å². The van der Waals surface area contributed by atoms with Gasteiger partial charge in [0.05, 0.1) is 24.7 Å². The third-order valence-corrected chi connectivity index (χ3v) is 4.48. The average Bonchev–Trinajstić information content (AvgIpc) is 2.71. The number of nitrogens with one attached hydrogen (secondary N) is 2. The van der Waals surface area contributed by atoms with Crippen LogP contribution in [0.2, 0.25) is 10.0 Å². The molecule has 9 heteroatoms. The summed E-state index contributed by atoms with van der Waals surface area (Å²) in [5, 5.41) is 10.4. The van der Waals surface area contributed by atoms with Crippen molar-refractivity contribution in [3.8, 4) is 5.69 Å². The second-order valence-corrected chi connectivity index (χ2v) is 6.55. The maximum Gasteiger partial charge on any atom is 0.411 e. The van der Waals surface area contributed by atoms with Crippen molar-refractivity contribution in [2.24, 2.45) is 0 Å². The van der Waals surface area contributed by atoms with Gasteiger partial charge in [-0.05, 0) is 42.0 Å². The highest BCUT2D eigenvalue weighted by Gasteiger charge is 2.11. The van der Waals surface area contributed by atoms with E-state index in [9.17, 15) is 9.59 Å². The van der Waals surface area contributed by atoms with Crippen LogP contribution in [-0.4, -0.2) is 23.0 Å². The van der Waals surface area contributed by atoms with Crippen molar-refractivity contribution >= 4 is 40.7 Å². The molecule has 0 aliphatic rings. The molecule has 144 valence electrons. The van der Waals surface area contributed by atoms with Gasteiger partial charge in [0.25, 0.3) is 5.56 Å². The van der Waals surface area contributed by atoms with E-state index in [0.717, 1.165) is 5.56 Å². The number of hydrogen-bond acceptors (Lipinski definition) is 5. The molecule has 0 bridgehead atoms. The topological polar surface area (TPSA) is 85.2 Å². The number of hydrogen-bond donors (Lipinski definition) is 2. The van der Waals surface area contributed by atoms with Gasteiger partial charge in [0, 0.05) is 17.3 Å². The van der Waals surface area contributed by atoms with Crippen molar-refractivity contribution in [3.05, 3.63) is 80.7 Å². The minimum absolute atomic E-state index is 0.0360. The number of benzene rings is 2. The summed E-state index contributed by atoms with van der Waals surface area (Å²) in [4.78, 5) is 23.7. The van der Waals surface area contributed by atoms with E-state index in [0.29, 0.717) is 28.6 Å². The van der Waals surface area contributed by atoms with Crippen LogP contribution in [0, 0.1) is 0 Å². The predicted molar refractivity (Wildman–Crippen MR) is 110 cm³/mol. The first-order valence-electron chi connectivity index (χ1n) is 8.19. The molecule has 0 radical (unpaired) electrons. The zero-order valence-corrected chi connectivity index (χ0v) is 16.3. The van der Waals surface area contributed by atoms with Gasteiger partial charge in [0.15, 0.2) is 0 Å². The standard InChI is InChI=1S/C19H16Cl2N4O3/c1-28-19(27)24-14-6-2-12(3-7-14)10-22-16-11-23-25(18(26)17(16)21)15-8-4-13(20)5-9-15/h2-9,11,22H,10H2,1H3,(H,24,27). The first kappa shape index (κ1) is 19.7. The summed E-state index contributed by atoms with van der Waals surface area (Å²) in [7, 11) is 1.30. The van der Waals surface area contributed by atoms with Crippen molar-refractivity contribution in [3.63, 3.8) is 0 Å². The quantitative estimate of drug-likeness (QED) is 0.643. The number of methoxy groups -OCH3 is 1. The van der Waals surface area contributed by atoms with E-state index in [2.05, 4.69) is 20.5 Å². The molecule has 2 N–H and O–H groups in total. The summed E-state index contributed by atoms with van der Waals surface area (Å²) in [5.74, 6) is 0. The minimum Gasteiger partial charge on any atom is -0.453 e. The first-order chi connectivity index (χ1) is 13.5. The number of anilines is 2. The number of aromatic nitrogens is 2. The molecule has 0 atom stereocenters. The molecular formula is C19H16Cl2N4O3. The molecule has 7 nitrogen and oxygen atoms in total. The second-order valence-electron chi connectivity index (χ2n) is 5.73. The number of amides is 1. The lowest BCUT2D eigenvalue weighted by atomic mass is 10.2. The third kappa shape index (κ3) is 4.62. The van der Waals surface area contributed by atoms with Gasteiger partial charge in [-0.1, -0.05) is 35.3 Å². The number of nitrogens with zero attached hydrogens (tertiary/aromatic N) is 2. The van der Waals surface area contributed by atoms with E-state index >= 15 is 0 Å². The Morgan fingerprint density at radius 3 is 2.43 bits per heavy atom. The molecule has 3 rings (SSSR count). The van der Waals surface area contributed by atoms with Gasteiger partial charge in [0.2, 0.25) is 0 Å². The fourth-order valence-corrected chi connectivity index (χ4v) is 2.72. The van der Waals surface area contributed by atoms with Crippen molar-refractivity contribution < 1.29 is 9.53 Å².